The summed E-state index contributed by atoms with van der Waals surface area (Å²) in [5.74, 6) is -0.404. The summed E-state index contributed by atoms with van der Waals surface area (Å²) >= 11 is 5.97. The first kappa shape index (κ1) is 13.6. The highest BCUT2D eigenvalue weighted by atomic mass is 35.5. The number of halogens is 2. The van der Waals surface area contributed by atoms with Crippen LogP contribution in [0.25, 0.3) is 0 Å². The van der Waals surface area contributed by atoms with Crippen molar-refractivity contribution in [1.29, 1.82) is 0 Å². The van der Waals surface area contributed by atoms with E-state index in [2.05, 4.69) is 6.07 Å². The summed E-state index contributed by atoms with van der Waals surface area (Å²) in [5.41, 5.74) is 10.4. The molecule has 1 aliphatic rings. The van der Waals surface area contributed by atoms with Crippen LogP contribution in [0.4, 0.5) is 4.39 Å². The van der Waals surface area contributed by atoms with Crippen molar-refractivity contribution in [1.82, 2.24) is 0 Å². The van der Waals surface area contributed by atoms with Crippen molar-refractivity contribution in [3.63, 3.8) is 0 Å². The Morgan fingerprint density at radius 2 is 2.00 bits per heavy atom. The molecule has 1 heterocycles. The van der Waals surface area contributed by atoms with E-state index < -0.39 is 5.82 Å². The molecule has 4 heteroatoms. The minimum atomic E-state index is -0.404. The van der Waals surface area contributed by atoms with E-state index in [4.69, 9.17) is 22.1 Å². The third-order valence-corrected chi connectivity index (χ3v) is 4.07. The lowest BCUT2D eigenvalue weighted by molar-refractivity contribution is 0.134. The molecule has 2 N–H and O–H groups in total. The van der Waals surface area contributed by atoms with E-state index in [1.807, 2.05) is 18.2 Å². The molecule has 3 rings (SSSR count). The summed E-state index contributed by atoms with van der Waals surface area (Å²) in [4.78, 5) is 0. The van der Waals surface area contributed by atoms with Crippen LogP contribution in [-0.2, 0) is 24.4 Å². The van der Waals surface area contributed by atoms with Gasteiger partial charge in [-0.15, -0.1) is 0 Å². The molecule has 0 amide bonds. The summed E-state index contributed by atoms with van der Waals surface area (Å²) in [6, 6.07) is 10.7. The van der Waals surface area contributed by atoms with Crippen molar-refractivity contribution in [2.75, 3.05) is 0 Å². The molecule has 2 aromatic carbocycles. The van der Waals surface area contributed by atoms with E-state index in [9.17, 15) is 4.39 Å². The standard InChI is InChI=1S/C16H15ClFNO/c17-16-11(2-1-3-14(16)18)7-15(19)10-4-5-12-8-20-9-13(12)6-10/h1-6,15H,7-9,19H2. The highest BCUT2D eigenvalue weighted by molar-refractivity contribution is 6.31. The number of rotatable bonds is 3. The molecule has 1 aliphatic heterocycles. The van der Waals surface area contributed by atoms with Gasteiger partial charge >= 0.3 is 0 Å². The lowest BCUT2D eigenvalue weighted by Gasteiger charge is -2.14. The molecule has 20 heavy (non-hydrogen) atoms. The van der Waals surface area contributed by atoms with Crippen LogP contribution in [0.5, 0.6) is 0 Å². The number of nitrogens with two attached hydrogens (primary N) is 1. The smallest absolute Gasteiger partial charge is 0.142 e. The van der Waals surface area contributed by atoms with Gasteiger partial charge in [0.2, 0.25) is 0 Å². The van der Waals surface area contributed by atoms with Gasteiger partial charge in [-0.2, -0.15) is 0 Å². The average molecular weight is 292 g/mol. The molecule has 0 fully saturated rings. The Kier molecular flexibility index (Phi) is 3.74. The van der Waals surface area contributed by atoms with Crippen molar-refractivity contribution in [2.45, 2.75) is 25.7 Å². The second-order valence-corrected chi connectivity index (χ2v) is 5.42. The van der Waals surface area contributed by atoms with Gasteiger partial charge in [0.25, 0.3) is 0 Å². The molecule has 0 aromatic heterocycles. The maximum absolute atomic E-state index is 13.4. The van der Waals surface area contributed by atoms with Crippen molar-refractivity contribution in [2.24, 2.45) is 5.73 Å². The van der Waals surface area contributed by atoms with E-state index >= 15 is 0 Å². The minimum absolute atomic E-state index is 0.160. The van der Waals surface area contributed by atoms with Crippen molar-refractivity contribution < 1.29 is 9.13 Å². The van der Waals surface area contributed by atoms with Gasteiger partial charge in [0, 0.05) is 6.04 Å². The van der Waals surface area contributed by atoms with Gasteiger partial charge in [-0.1, -0.05) is 41.9 Å². The normalized spacial score (nSPS) is 15.2. The first-order chi connectivity index (χ1) is 9.65. The molecule has 0 radical (unpaired) electrons. The lowest BCUT2D eigenvalue weighted by atomic mass is 9.96. The number of hydrogen-bond acceptors (Lipinski definition) is 2. The average Bonchev–Trinajstić information content (AvgIpc) is 2.91. The summed E-state index contributed by atoms with van der Waals surface area (Å²) in [5, 5.41) is 0.160. The maximum atomic E-state index is 13.4. The molecule has 0 spiro atoms. The van der Waals surface area contributed by atoms with Gasteiger partial charge in [-0.3, -0.25) is 0 Å². The fourth-order valence-corrected chi connectivity index (χ4v) is 2.69. The summed E-state index contributed by atoms with van der Waals surface area (Å²) in [7, 11) is 0. The zero-order valence-corrected chi connectivity index (χ0v) is 11.7. The van der Waals surface area contributed by atoms with Gasteiger partial charge in [0.05, 0.1) is 18.2 Å². The predicted molar refractivity (Wildman–Crippen MR) is 77.0 cm³/mol. The third-order valence-electron chi connectivity index (χ3n) is 3.65. The molecular formula is C16H15ClFNO. The SMILES string of the molecule is NC(Cc1cccc(F)c1Cl)c1ccc2c(c1)COC2. The Labute approximate surface area is 122 Å². The maximum Gasteiger partial charge on any atom is 0.142 e. The Morgan fingerprint density at radius 3 is 2.85 bits per heavy atom. The van der Waals surface area contributed by atoms with Gasteiger partial charge in [-0.05, 0) is 34.7 Å². The molecule has 2 nitrogen and oxygen atoms in total. The number of benzene rings is 2. The zero-order chi connectivity index (χ0) is 14.1. The highest BCUT2D eigenvalue weighted by Gasteiger charge is 2.16. The molecule has 2 aromatic rings. The van der Waals surface area contributed by atoms with E-state index in [-0.39, 0.29) is 11.1 Å². The molecule has 0 saturated heterocycles. The molecule has 0 aliphatic carbocycles. The highest BCUT2D eigenvalue weighted by Crippen LogP contribution is 2.27. The van der Waals surface area contributed by atoms with E-state index in [1.165, 1.54) is 17.2 Å². The first-order valence-corrected chi connectivity index (χ1v) is 6.91. The van der Waals surface area contributed by atoms with Gasteiger partial charge < -0.3 is 10.5 Å². The Balaban J connectivity index is 1.82. The summed E-state index contributed by atoms with van der Waals surface area (Å²) in [6.07, 6.45) is 0.510. The predicted octanol–water partition coefficient (Wildman–Crippen LogP) is 3.75. The fourth-order valence-electron chi connectivity index (χ4n) is 2.48. The zero-order valence-electron chi connectivity index (χ0n) is 10.9. The van der Waals surface area contributed by atoms with Gasteiger partial charge in [-0.25, -0.2) is 4.39 Å². The fraction of sp³-hybridized carbons (Fsp3) is 0.250. The Morgan fingerprint density at radius 1 is 1.20 bits per heavy atom. The topological polar surface area (TPSA) is 35.2 Å². The second kappa shape index (κ2) is 5.52. The van der Waals surface area contributed by atoms with Crippen LogP contribution in [0.1, 0.15) is 28.3 Å². The van der Waals surface area contributed by atoms with Crippen molar-refractivity contribution in [3.8, 4) is 0 Å². The molecule has 1 unspecified atom stereocenters. The van der Waals surface area contributed by atoms with Crippen LogP contribution < -0.4 is 5.73 Å². The number of hydrogen-bond donors (Lipinski definition) is 1. The molecule has 1 atom stereocenters. The second-order valence-electron chi connectivity index (χ2n) is 5.04. The van der Waals surface area contributed by atoms with E-state index in [0.29, 0.717) is 19.6 Å². The first-order valence-electron chi connectivity index (χ1n) is 6.53. The van der Waals surface area contributed by atoms with Gasteiger partial charge in [0.15, 0.2) is 0 Å². The molecule has 0 bridgehead atoms. The summed E-state index contributed by atoms with van der Waals surface area (Å²) in [6.45, 7) is 1.30. The number of fused-ring (bicyclic) bond motifs is 1. The quantitative estimate of drug-likeness (QED) is 0.935. The molecule has 104 valence electrons. The minimum Gasteiger partial charge on any atom is -0.372 e. The van der Waals surface area contributed by atoms with Crippen LogP contribution in [0.15, 0.2) is 36.4 Å². The van der Waals surface area contributed by atoms with Crippen LogP contribution >= 0.6 is 11.6 Å². The summed E-state index contributed by atoms with van der Waals surface area (Å²) < 4.78 is 18.8. The third kappa shape index (κ3) is 2.57. The van der Waals surface area contributed by atoms with Crippen molar-refractivity contribution >= 4 is 11.6 Å². The van der Waals surface area contributed by atoms with E-state index in [1.54, 1.807) is 6.07 Å². The molecule has 0 saturated carbocycles. The lowest BCUT2D eigenvalue weighted by Crippen LogP contribution is -2.14. The largest absolute Gasteiger partial charge is 0.372 e. The van der Waals surface area contributed by atoms with Crippen molar-refractivity contribution in [3.05, 3.63) is 69.5 Å². The number of ether oxygens (including phenoxy) is 1. The van der Waals surface area contributed by atoms with Crippen LogP contribution in [0, 0.1) is 5.82 Å². The van der Waals surface area contributed by atoms with Crippen LogP contribution in [-0.4, -0.2) is 0 Å². The monoisotopic (exact) mass is 291 g/mol. The van der Waals surface area contributed by atoms with Crippen LogP contribution in [0.3, 0.4) is 0 Å². The Bertz CT molecular complexity index is 644. The van der Waals surface area contributed by atoms with Crippen LogP contribution in [0.2, 0.25) is 5.02 Å². The van der Waals surface area contributed by atoms with Gasteiger partial charge in [0.1, 0.15) is 5.82 Å². The molecular weight excluding hydrogens is 277 g/mol. The van der Waals surface area contributed by atoms with E-state index in [0.717, 1.165) is 11.1 Å². The Hall–Kier alpha value is -1.42.